The SMILES string of the molecule is CC(=O)O.Cn1ccc(C2CC(N3CCC(Nc4nc5ccccc5[nH]4)C3)CCN2C[C@H](Cc2ccccc2)C(=O)O)nc1=O. The summed E-state index contributed by atoms with van der Waals surface area (Å²) in [6.45, 7) is 4.13. The number of nitrogens with zero attached hydrogens (tertiary/aromatic N) is 5. The molecule has 2 fully saturated rings. The zero-order valence-electron chi connectivity index (χ0n) is 25.7. The van der Waals surface area contributed by atoms with Crippen molar-refractivity contribution in [3.8, 4) is 0 Å². The van der Waals surface area contributed by atoms with Crippen LogP contribution in [-0.2, 0) is 23.1 Å². The number of para-hydroxylation sites is 2. The molecule has 45 heavy (non-hydrogen) atoms. The fourth-order valence-electron chi connectivity index (χ4n) is 6.38. The van der Waals surface area contributed by atoms with Crippen molar-refractivity contribution in [3.05, 3.63) is 88.6 Å². The Bertz CT molecular complexity index is 1620. The van der Waals surface area contributed by atoms with Gasteiger partial charge in [-0.25, -0.2) is 9.78 Å². The molecule has 2 aromatic carbocycles. The Morgan fingerprint density at radius 1 is 1.02 bits per heavy atom. The van der Waals surface area contributed by atoms with Gasteiger partial charge in [0.2, 0.25) is 5.95 Å². The normalized spacial score (nSPS) is 21.2. The van der Waals surface area contributed by atoms with Gasteiger partial charge in [0, 0.05) is 58.4 Å². The Morgan fingerprint density at radius 2 is 1.76 bits per heavy atom. The molecule has 0 bridgehead atoms. The number of likely N-dealkylation sites (tertiary alicyclic amines) is 2. The molecule has 2 aliphatic heterocycles. The predicted octanol–water partition coefficient (Wildman–Crippen LogP) is 3.38. The molecule has 4 aromatic rings. The fraction of sp³-hybridized carbons (Fsp3) is 0.424. The highest BCUT2D eigenvalue weighted by atomic mass is 16.4. The van der Waals surface area contributed by atoms with Crippen molar-refractivity contribution in [2.24, 2.45) is 13.0 Å². The van der Waals surface area contributed by atoms with Gasteiger partial charge in [0.05, 0.1) is 28.7 Å². The number of carboxylic acid groups (broad SMARTS) is 2. The standard InChI is InChI=1S/C31H37N7O3.C2H4O2/c1-36-14-13-27(35-31(36)41)28-18-24(12-16-38(28)19-22(29(39)40)17-21-7-3-2-4-8-21)37-15-11-23(20-37)32-30-33-25-9-5-6-10-26(25)34-30;1-2(3)4/h2-10,13-14,22-24,28H,11-12,15-20H2,1H3,(H,39,40)(H2,32,33,34);1H3,(H,3,4)/t22-,23?,24?,28?;/m0./s1. The monoisotopic (exact) mass is 615 g/mol. The van der Waals surface area contributed by atoms with E-state index < -0.39 is 17.9 Å². The van der Waals surface area contributed by atoms with Crippen molar-refractivity contribution in [1.29, 1.82) is 0 Å². The molecule has 0 aliphatic carbocycles. The van der Waals surface area contributed by atoms with Crippen molar-refractivity contribution >= 4 is 28.9 Å². The molecule has 4 N–H and O–H groups in total. The van der Waals surface area contributed by atoms with E-state index in [2.05, 4.69) is 30.1 Å². The average Bonchev–Trinajstić information content (AvgIpc) is 3.65. The van der Waals surface area contributed by atoms with Gasteiger partial charge in [-0.2, -0.15) is 4.98 Å². The molecule has 3 unspecified atom stereocenters. The van der Waals surface area contributed by atoms with Crippen molar-refractivity contribution in [2.75, 3.05) is 31.5 Å². The molecule has 6 rings (SSSR count). The number of carbonyl (C=O) groups is 2. The number of hydrogen-bond donors (Lipinski definition) is 4. The smallest absolute Gasteiger partial charge is 0.347 e. The Morgan fingerprint density at radius 3 is 2.47 bits per heavy atom. The number of aryl methyl sites for hydroxylation is 1. The van der Waals surface area contributed by atoms with Crippen LogP contribution in [-0.4, -0.2) is 89.7 Å². The van der Waals surface area contributed by atoms with E-state index in [1.807, 2.05) is 60.7 Å². The third-order valence-corrected chi connectivity index (χ3v) is 8.62. The van der Waals surface area contributed by atoms with E-state index in [0.29, 0.717) is 19.0 Å². The maximum Gasteiger partial charge on any atom is 0.347 e. The van der Waals surface area contributed by atoms with Crippen molar-refractivity contribution in [3.63, 3.8) is 0 Å². The highest BCUT2D eigenvalue weighted by Crippen LogP contribution is 2.34. The first kappa shape index (κ1) is 31.9. The fourth-order valence-corrected chi connectivity index (χ4v) is 6.38. The Hall–Kier alpha value is -4.55. The summed E-state index contributed by atoms with van der Waals surface area (Å²) in [6.07, 6.45) is 4.98. The molecule has 2 aromatic heterocycles. The molecule has 12 heteroatoms. The predicted molar refractivity (Wildman–Crippen MR) is 171 cm³/mol. The number of anilines is 1. The second-order valence-corrected chi connectivity index (χ2v) is 11.9. The van der Waals surface area contributed by atoms with Crippen LogP contribution in [0.2, 0.25) is 0 Å². The lowest BCUT2D eigenvalue weighted by molar-refractivity contribution is -0.143. The molecule has 0 amide bonds. The molecule has 4 atom stereocenters. The van der Waals surface area contributed by atoms with E-state index in [4.69, 9.17) is 9.90 Å². The van der Waals surface area contributed by atoms with Crippen LogP contribution in [0.25, 0.3) is 11.0 Å². The Labute approximate surface area is 261 Å². The van der Waals surface area contributed by atoms with E-state index in [0.717, 1.165) is 74.1 Å². The first-order valence-electron chi connectivity index (χ1n) is 15.4. The van der Waals surface area contributed by atoms with Crippen LogP contribution in [0.3, 0.4) is 0 Å². The van der Waals surface area contributed by atoms with Crippen molar-refractivity contribution in [2.45, 2.75) is 50.7 Å². The molecule has 2 saturated heterocycles. The van der Waals surface area contributed by atoms with Crippen molar-refractivity contribution < 1.29 is 19.8 Å². The molecule has 12 nitrogen and oxygen atoms in total. The number of fused-ring (bicyclic) bond motifs is 1. The number of benzene rings is 2. The minimum atomic E-state index is -0.833. The minimum absolute atomic E-state index is 0.123. The van der Waals surface area contributed by atoms with Crippen LogP contribution in [0, 0.1) is 5.92 Å². The zero-order valence-corrected chi connectivity index (χ0v) is 25.7. The first-order chi connectivity index (χ1) is 21.7. The Balaban J connectivity index is 0.000000945. The van der Waals surface area contributed by atoms with Crippen LogP contribution >= 0.6 is 0 Å². The van der Waals surface area contributed by atoms with Gasteiger partial charge in [0.25, 0.3) is 5.97 Å². The summed E-state index contributed by atoms with van der Waals surface area (Å²) in [4.78, 5) is 51.0. The van der Waals surface area contributed by atoms with Gasteiger partial charge in [-0.1, -0.05) is 42.5 Å². The zero-order chi connectivity index (χ0) is 31.9. The van der Waals surface area contributed by atoms with Gasteiger partial charge >= 0.3 is 11.7 Å². The lowest BCUT2D eigenvalue weighted by atomic mass is 9.91. The molecule has 0 spiro atoms. The van der Waals surface area contributed by atoms with Gasteiger partial charge in [0.1, 0.15) is 0 Å². The van der Waals surface area contributed by atoms with Crippen LogP contribution < -0.4 is 11.0 Å². The van der Waals surface area contributed by atoms with E-state index in [-0.39, 0.29) is 17.8 Å². The lowest BCUT2D eigenvalue weighted by Gasteiger charge is -2.43. The lowest BCUT2D eigenvalue weighted by Crippen LogP contribution is -2.48. The van der Waals surface area contributed by atoms with E-state index in [1.54, 1.807) is 13.2 Å². The molecular formula is C33H41N7O5. The maximum absolute atomic E-state index is 12.5. The minimum Gasteiger partial charge on any atom is -0.481 e. The summed E-state index contributed by atoms with van der Waals surface area (Å²) in [5.41, 5.74) is 3.41. The number of H-pyrrole nitrogens is 1. The average molecular weight is 616 g/mol. The Kier molecular flexibility index (Phi) is 10.3. The third-order valence-electron chi connectivity index (χ3n) is 8.62. The highest BCUT2D eigenvalue weighted by molar-refractivity contribution is 5.77. The summed E-state index contributed by atoms with van der Waals surface area (Å²) in [5, 5.41) is 21.1. The number of hydrogen-bond acceptors (Lipinski definition) is 8. The molecular weight excluding hydrogens is 574 g/mol. The van der Waals surface area contributed by atoms with Crippen LogP contribution in [0.1, 0.15) is 43.5 Å². The van der Waals surface area contributed by atoms with Crippen molar-refractivity contribution in [1.82, 2.24) is 29.3 Å². The molecule has 0 radical (unpaired) electrons. The number of carboxylic acids is 2. The van der Waals surface area contributed by atoms with Gasteiger partial charge in [-0.05, 0) is 49.4 Å². The second kappa shape index (κ2) is 14.5. The van der Waals surface area contributed by atoms with Gasteiger partial charge < -0.3 is 25.1 Å². The van der Waals surface area contributed by atoms with Gasteiger partial charge in [-0.15, -0.1) is 0 Å². The third kappa shape index (κ3) is 8.34. The quantitative estimate of drug-likeness (QED) is 0.220. The second-order valence-electron chi connectivity index (χ2n) is 11.9. The molecule has 0 saturated carbocycles. The van der Waals surface area contributed by atoms with Gasteiger partial charge in [-0.3, -0.25) is 19.4 Å². The summed E-state index contributed by atoms with van der Waals surface area (Å²) in [7, 11) is 1.69. The first-order valence-corrected chi connectivity index (χ1v) is 15.4. The van der Waals surface area contributed by atoms with Gasteiger partial charge in [0.15, 0.2) is 0 Å². The summed E-state index contributed by atoms with van der Waals surface area (Å²) in [5.74, 6) is -1.38. The summed E-state index contributed by atoms with van der Waals surface area (Å²) >= 11 is 0. The van der Waals surface area contributed by atoms with E-state index in [1.165, 1.54) is 4.57 Å². The number of nitrogens with one attached hydrogen (secondary N) is 2. The summed E-state index contributed by atoms with van der Waals surface area (Å²) in [6, 6.07) is 20.2. The highest BCUT2D eigenvalue weighted by Gasteiger charge is 2.38. The topological polar surface area (TPSA) is 157 Å². The number of piperidine rings is 1. The van der Waals surface area contributed by atoms with Crippen LogP contribution in [0.4, 0.5) is 5.95 Å². The molecule has 2 aliphatic rings. The van der Waals surface area contributed by atoms with E-state index in [9.17, 15) is 14.7 Å². The van der Waals surface area contributed by atoms with Crippen LogP contribution in [0.5, 0.6) is 0 Å². The largest absolute Gasteiger partial charge is 0.481 e. The molecule has 238 valence electrons. The summed E-state index contributed by atoms with van der Waals surface area (Å²) < 4.78 is 1.47. The van der Waals surface area contributed by atoms with Crippen LogP contribution in [0.15, 0.2) is 71.7 Å². The number of aromatic amines is 1. The number of aliphatic carboxylic acids is 2. The number of imidazole rings is 1. The maximum atomic E-state index is 12.5. The van der Waals surface area contributed by atoms with E-state index >= 15 is 0 Å². The number of aromatic nitrogens is 4. The molecule has 4 heterocycles. The number of rotatable bonds is 9.